The molecule has 1 aromatic carbocycles. The molecular formula is C21H24N6O. The van der Waals surface area contributed by atoms with Crippen LogP contribution in [0.25, 0.3) is 5.69 Å². The molecule has 3 heterocycles. The molecule has 7 nitrogen and oxygen atoms in total. The van der Waals surface area contributed by atoms with E-state index < -0.39 is 0 Å². The van der Waals surface area contributed by atoms with E-state index in [9.17, 15) is 4.79 Å². The molecular weight excluding hydrogens is 352 g/mol. The zero-order valence-corrected chi connectivity index (χ0v) is 16.5. The summed E-state index contributed by atoms with van der Waals surface area (Å²) in [4.78, 5) is 19.8. The molecule has 0 bridgehead atoms. The van der Waals surface area contributed by atoms with Gasteiger partial charge >= 0.3 is 0 Å². The standard InChI is InChI=1S/C21H24N6O/c1-13-12-14(2)27(23-13)18-8-6-17(7-9-18)21(28)25-10-11-26-20(15(25)3)22-19(24-26)16-4-5-16/h6-9,12,15-16H,4-5,10-11H2,1-3H3/t15-/m1/s1. The molecule has 0 N–H and O–H groups in total. The summed E-state index contributed by atoms with van der Waals surface area (Å²) in [7, 11) is 0. The fourth-order valence-corrected chi connectivity index (χ4v) is 3.97. The third kappa shape index (κ3) is 2.82. The van der Waals surface area contributed by atoms with Crippen LogP contribution < -0.4 is 0 Å². The lowest BCUT2D eigenvalue weighted by molar-refractivity contribution is 0.0631. The van der Waals surface area contributed by atoms with Crippen molar-refractivity contribution in [1.82, 2.24) is 29.4 Å². The first-order valence-corrected chi connectivity index (χ1v) is 9.90. The number of rotatable bonds is 3. The van der Waals surface area contributed by atoms with Crippen molar-refractivity contribution in [2.45, 2.75) is 52.1 Å². The predicted octanol–water partition coefficient (Wildman–Crippen LogP) is 3.18. The van der Waals surface area contributed by atoms with E-state index in [1.807, 2.05) is 65.4 Å². The first-order valence-electron chi connectivity index (χ1n) is 9.90. The highest BCUT2D eigenvalue weighted by atomic mass is 16.2. The van der Waals surface area contributed by atoms with Gasteiger partial charge < -0.3 is 4.90 Å². The minimum atomic E-state index is -0.0723. The van der Waals surface area contributed by atoms with Gasteiger partial charge in [0.05, 0.1) is 24.0 Å². The Labute approximate surface area is 164 Å². The van der Waals surface area contributed by atoms with Gasteiger partial charge in [-0.2, -0.15) is 10.2 Å². The summed E-state index contributed by atoms with van der Waals surface area (Å²) in [5.41, 5.74) is 3.71. The Morgan fingerprint density at radius 1 is 1.07 bits per heavy atom. The molecule has 1 fully saturated rings. The highest BCUT2D eigenvalue weighted by Gasteiger charge is 2.34. The molecule has 1 atom stereocenters. The summed E-state index contributed by atoms with van der Waals surface area (Å²) in [6, 6.07) is 9.65. The monoisotopic (exact) mass is 376 g/mol. The summed E-state index contributed by atoms with van der Waals surface area (Å²) in [5.74, 6) is 2.41. The molecule has 1 saturated carbocycles. The molecule has 28 heavy (non-hydrogen) atoms. The van der Waals surface area contributed by atoms with E-state index in [-0.39, 0.29) is 11.9 Å². The third-order valence-corrected chi connectivity index (χ3v) is 5.68. The average Bonchev–Trinajstić information content (AvgIpc) is 3.35. The van der Waals surface area contributed by atoms with E-state index >= 15 is 0 Å². The molecule has 0 saturated heterocycles. The second-order valence-electron chi connectivity index (χ2n) is 7.89. The average molecular weight is 376 g/mol. The second-order valence-corrected chi connectivity index (χ2v) is 7.89. The van der Waals surface area contributed by atoms with E-state index in [0.717, 1.165) is 28.7 Å². The Balaban J connectivity index is 1.38. The molecule has 0 spiro atoms. The van der Waals surface area contributed by atoms with Gasteiger partial charge in [0.15, 0.2) is 5.82 Å². The Morgan fingerprint density at radius 2 is 1.82 bits per heavy atom. The largest absolute Gasteiger partial charge is 0.327 e. The number of carbonyl (C=O) groups is 1. The van der Waals surface area contributed by atoms with Crippen LogP contribution >= 0.6 is 0 Å². The van der Waals surface area contributed by atoms with Crippen LogP contribution in [0.2, 0.25) is 0 Å². The summed E-state index contributed by atoms with van der Waals surface area (Å²) >= 11 is 0. The number of hydrogen-bond donors (Lipinski definition) is 0. The van der Waals surface area contributed by atoms with Gasteiger partial charge in [-0.05, 0) is 63.9 Å². The van der Waals surface area contributed by atoms with Crippen LogP contribution in [0, 0.1) is 13.8 Å². The van der Waals surface area contributed by atoms with Crippen molar-refractivity contribution in [3.63, 3.8) is 0 Å². The first-order chi connectivity index (χ1) is 13.5. The van der Waals surface area contributed by atoms with E-state index in [2.05, 4.69) is 10.2 Å². The molecule has 5 rings (SSSR count). The van der Waals surface area contributed by atoms with E-state index in [4.69, 9.17) is 4.98 Å². The van der Waals surface area contributed by atoms with E-state index in [1.54, 1.807) is 0 Å². The maximum atomic E-state index is 13.1. The van der Waals surface area contributed by atoms with Gasteiger partial charge in [-0.25, -0.2) is 14.3 Å². The van der Waals surface area contributed by atoms with Crippen molar-refractivity contribution in [2.24, 2.45) is 0 Å². The lowest BCUT2D eigenvalue weighted by Crippen LogP contribution is -2.41. The van der Waals surface area contributed by atoms with Crippen LogP contribution in [0.4, 0.5) is 0 Å². The van der Waals surface area contributed by atoms with Crippen molar-refractivity contribution >= 4 is 5.91 Å². The molecule has 2 aliphatic rings. The number of aromatic nitrogens is 5. The summed E-state index contributed by atoms with van der Waals surface area (Å²) in [6.07, 6.45) is 2.37. The highest BCUT2D eigenvalue weighted by Crippen LogP contribution is 2.39. The zero-order valence-electron chi connectivity index (χ0n) is 16.5. The molecule has 0 unspecified atom stereocenters. The maximum Gasteiger partial charge on any atom is 0.254 e. The minimum absolute atomic E-state index is 0.0367. The maximum absolute atomic E-state index is 13.1. The van der Waals surface area contributed by atoms with Crippen LogP contribution in [0.5, 0.6) is 0 Å². The van der Waals surface area contributed by atoms with E-state index in [1.165, 1.54) is 12.8 Å². The van der Waals surface area contributed by atoms with Crippen molar-refractivity contribution in [2.75, 3.05) is 6.54 Å². The van der Waals surface area contributed by atoms with Gasteiger partial charge in [-0.3, -0.25) is 4.79 Å². The molecule has 3 aromatic rings. The van der Waals surface area contributed by atoms with Gasteiger partial charge in [-0.15, -0.1) is 0 Å². The predicted molar refractivity (Wildman–Crippen MR) is 104 cm³/mol. The van der Waals surface area contributed by atoms with Gasteiger partial charge in [0.2, 0.25) is 0 Å². The molecule has 1 aliphatic carbocycles. The highest BCUT2D eigenvalue weighted by molar-refractivity contribution is 5.94. The lowest BCUT2D eigenvalue weighted by Gasteiger charge is -2.33. The van der Waals surface area contributed by atoms with Crippen molar-refractivity contribution in [1.29, 1.82) is 0 Å². The quantitative estimate of drug-likeness (QED) is 0.704. The van der Waals surface area contributed by atoms with Crippen LogP contribution in [-0.4, -0.2) is 41.9 Å². The third-order valence-electron chi connectivity index (χ3n) is 5.68. The van der Waals surface area contributed by atoms with Crippen LogP contribution in [0.15, 0.2) is 30.3 Å². The molecule has 7 heteroatoms. The number of aryl methyl sites for hydroxylation is 2. The summed E-state index contributed by atoms with van der Waals surface area (Å²) in [5, 5.41) is 9.15. The van der Waals surface area contributed by atoms with Crippen molar-refractivity contribution in [3.05, 3.63) is 58.9 Å². The topological polar surface area (TPSA) is 68.8 Å². The van der Waals surface area contributed by atoms with Gasteiger partial charge in [0, 0.05) is 23.7 Å². The molecule has 1 amide bonds. The Bertz CT molecular complexity index is 1040. The van der Waals surface area contributed by atoms with Crippen LogP contribution in [-0.2, 0) is 6.54 Å². The van der Waals surface area contributed by atoms with Crippen molar-refractivity contribution < 1.29 is 4.79 Å². The fourth-order valence-electron chi connectivity index (χ4n) is 3.97. The number of benzene rings is 1. The minimum Gasteiger partial charge on any atom is -0.327 e. The number of nitrogens with zero attached hydrogens (tertiary/aromatic N) is 6. The molecule has 0 radical (unpaired) electrons. The Hall–Kier alpha value is -2.96. The number of fused-ring (bicyclic) bond motifs is 1. The van der Waals surface area contributed by atoms with Crippen LogP contribution in [0.3, 0.4) is 0 Å². The van der Waals surface area contributed by atoms with Crippen LogP contribution in [0.1, 0.15) is 65.1 Å². The van der Waals surface area contributed by atoms with Gasteiger partial charge in [-0.1, -0.05) is 0 Å². The van der Waals surface area contributed by atoms with E-state index in [0.29, 0.717) is 24.6 Å². The number of carbonyl (C=O) groups excluding carboxylic acids is 1. The fraction of sp³-hybridized carbons (Fsp3) is 0.429. The SMILES string of the molecule is Cc1cc(C)n(-c2ccc(C(=O)N3CCn4nc(C5CC5)nc4[C@H]3C)cc2)n1. The van der Waals surface area contributed by atoms with Gasteiger partial charge in [0.1, 0.15) is 5.82 Å². The second kappa shape index (κ2) is 6.29. The number of hydrogen-bond acceptors (Lipinski definition) is 4. The summed E-state index contributed by atoms with van der Waals surface area (Å²) < 4.78 is 3.88. The molecule has 144 valence electrons. The van der Waals surface area contributed by atoms with Gasteiger partial charge in [0.25, 0.3) is 5.91 Å². The smallest absolute Gasteiger partial charge is 0.254 e. The first kappa shape index (κ1) is 17.2. The zero-order chi connectivity index (χ0) is 19.4. The normalized spacial score (nSPS) is 19.0. The molecule has 1 aliphatic heterocycles. The molecule has 2 aromatic heterocycles. The lowest BCUT2D eigenvalue weighted by atomic mass is 10.1. The number of amides is 1. The van der Waals surface area contributed by atoms with Crippen molar-refractivity contribution in [3.8, 4) is 5.69 Å². The Kier molecular flexibility index (Phi) is 3.86. The Morgan fingerprint density at radius 3 is 2.46 bits per heavy atom. The summed E-state index contributed by atoms with van der Waals surface area (Å²) in [6.45, 7) is 7.40.